The van der Waals surface area contributed by atoms with Crippen molar-refractivity contribution in [3.05, 3.63) is 51.9 Å². The van der Waals surface area contributed by atoms with Crippen molar-refractivity contribution in [2.24, 2.45) is 0 Å². The second-order valence-electron chi connectivity index (χ2n) is 5.89. The number of benzene rings is 1. The largest absolute Gasteiger partial charge is 0.462 e. The fourth-order valence-corrected chi connectivity index (χ4v) is 4.21. The summed E-state index contributed by atoms with van der Waals surface area (Å²) in [6.07, 6.45) is 0.0811. The Balaban J connectivity index is 1.93. The molecule has 142 valence electrons. The SMILES string of the molecule is CCOC(=O)c1c(NC(=O)c2ccccc2)sc2c1CCN(C(=O)OC)C2. The van der Waals surface area contributed by atoms with Gasteiger partial charge in [-0.3, -0.25) is 4.79 Å². The first kappa shape index (κ1) is 18.9. The van der Waals surface area contributed by atoms with Gasteiger partial charge in [-0.15, -0.1) is 11.3 Å². The van der Waals surface area contributed by atoms with E-state index in [0.717, 1.165) is 10.4 Å². The third-order valence-corrected chi connectivity index (χ3v) is 5.36. The Morgan fingerprint density at radius 3 is 2.63 bits per heavy atom. The fourth-order valence-electron chi connectivity index (χ4n) is 2.96. The maximum absolute atomic E-state index is 12.5. The number of anilines is 1. The predicted octanol–water partition coefficient (Wildman–Crippen LogP) is 3.30. The first-order valence-corrected chi connectivity index (χ1v) is 9.37. The van der Waals surface area contributed by atoms with Gasteiger partial charge in [-0.1, -0.05) is 18.2 Å². The lowest BCUT2D eigenvalue weighted by Crippen LogP contribution is -2.35. The lowest BCUT2D eigenvalue weighted by atomic mass is 10.0. The van der Waals surface area contributed by atoms with Crippen molar-refractivity contribution in [1.29, 1.82) is 0 Å². The van der Waals surface area contributed by atoms with Crippen LogP contribution in [-0.2, 0) is 22.4 Å². The van der Waals surface area contributed by atoms with Crippen molar-refractivity contribution >= 4 is 34.3 Å². The number of hydrogen-bond acceptors (Lipinski definition) is 6. The number of fused-ring (bicyclic) bond motifs is 1. The molecule has 1 aliphatic heterocycles. The molecule has 0 spiro atoms. The summed E-state index contributed by atoms with van der Waals surface area (Å²) in [5, 5.41) is 3.27. The zero-order chi connectivity index (χ0) is 19.4. The Bertz CT molecular complexity index is 862. The fraction of sp³-hybridized carbons (Fsp3) is 0.316. The van der Waals surface area contributed by atoms with E-state index in [9.17, 15) is 14.4 Å². The van der Waals surface area contributed by atoms with Crippen LogP contribution in [-0.4, -0.2) is 43.1 Å². The van der Waals surface area contributed by atoms with Crippen molar-refractivity contribution in [2.75, 3.05) is 25.6 Å². The normalized spacial score (nSPS) is 12.9. The third-order valence-electron chi connectivity index (χ3n) is 4.23. The Morgan fingerprint density at radius 1 is 1.22 bits per heavy atom. The van der Waals surface area contributed by atoms with Gasteiger partial charge >= 0.3 is 12.1 Å². The predicted molar refractivity (Wildman–Crippen MR) is 101 cm³/mol. The second kappa shape index (κ2) is 8.22. The van der Waals surface area contributed by atoms with Crippen LogP contribution in [0.3, 0.4) is 0 Å². The monoisotopic (exact) mass is 388 g/mol. The van der Waals surface area contributed by atoms with Gasteiger partial charge in [0, 0.05) is 17.0 Å². The summed E-state index contributed by atoms with van der Waals surface area (Å²) in [7, 11) is 1.34. The maximum Gasteiger partial charge on any atom is 0.409 e. The molecule has 0 atom stereocenters. The minimum Gasteiger partial charge on any atom is -0.462 e. The van der Waals surface area contributed by atoms with Gasteiger partial charge in [0.05, 0.1) is 25.8 Å². The summed E-state index contributed by atoms with van der Waals surface area (Å²) < 4.78 is 9.97. The van der Waals surface area contributed by atoms with Gasteiger partial charge in [-0.05, 0) is 31.0 Å². The molecular weight excluding hydrogens is 368 g/mol. The first-order chi connectivity index (χ1) is 13.0. The topological polar surface area (TPSA) is 84.9 Å². The Labute approximate surface area is 160 Å². The highest BCUT2D eigenvalue weighted by molar-refractivity contribution is 7.17. The molecule has 0 radical (unpaired) electrons. The van der Waals surface area contributed by atoms with Crippen LogP contribution in [0, 0.1) is 0 Å². The molecule has 1 aromatic heterocycles. The summed E-state index contributed by atoms with van der Waals surface area (Å²) >= 11 is 1.29. The summed E-state index contributed by atoms with van der Waals surface area (Å²) in [5.41, 5.74) is 1.70. The average Bonchev–Trinajstić information content (AvgIpc) is 3.05. The number of rotatable bonds is 4. The average molecular weight is 388 g/mol. The zero-order valence-corrected chi connectivity index (χ0v) is 15.9. The highest BCUT2D eigenvalue weighted by atomic mass is 32.1. The third kappa shape index (κ3) is 3.95. The van der Waals surface area contributed by atoms with Crippen LogP contribution in [0.25, 0.3) is 0 Å². The number of thiophene rings is 1. The van der Waals surface area contributed by atoms with Crippen LogP contribution in [0.5, 0.6) is 0 Å². The van der Waals surface area contributed by atoms with E-state index in [1.54, 1.807) is 36.1 Å². The van der Waals surface area contributed by atoms with Crippen LogP contribution >= 0.6 is 11.3 Å². The number of methoxy groups -OCH3 is 1. The van der Waals surface area contributed by atoms with E-state index in [1.165, 1.54) is 18.4 Å². The number of nitrogens with one attached hydrogen (secondary N) is 1. The van der Waals surface area contributed by atoms with Gasteiger partial charge in [0.25, 0.3) is 5.91 Å². The molecule has 2 heterocycles. The molecule has 0 bridgehead atoms. The lowest BCUT2D eigenvalue weighted by molar-refractivity contribution is 0.0526. The molecule has 7 nitrogen and oxygen atoms in total. The second-order valence-corrected chi connectivity index (χ2v) is 7.00. The molecule has 1 aromatic carbocycles. The molecule has 0 fully saturated rings. The highest BCUT2D eigenvalue weighted by Gasteiger charge is 2.31. The molecule has 1 aliphatic rings. The van der Waals surface area contributed by atoms with Crippen molar-refractivity contribution in [2.45, 2.75) is 19.9 Å². The lowest BCUT2D eigenvalue weighted by Gasteiger charge is -2.25. The van der Waals surface area contributed by atoms with Crippen molar-refractivity contribution in [1.82, 2.24) is 4.90 Å². The Hall–Kier alpha value is -2.87. The Morgan fingerprint density at radius 2 is 1.96 bits per heavy atom. The smallest absolute Gasteiger partial charge is 0.409 e. The summed E-state index contributed by atoms with van der Waals surface area (Å²) in [5.74, 6) is -0.769. The molecule has 27 heavy (non-hydrogen) atoms. The van der Waals surface area contributed by atoms with Gasteiger partial charge in [0.1, 0.15) is 5.00 Å². The van der Waals surface area contributed by atoms with E-state index in [1.807, 2.05) is 6.07 Å². The van der Waals surface area contributed by atoms with Crippen LogP contribution in [0.2, 0.25) is 0 Å². The van der Waals surface area contributed by atoms with E-state index < -0.39 is 12.1 Å². The van der Waals surface area contributed by atoms with Gasteiger partial charge in [0.15, 0.2) is 0 Å². The van der Waals surface area contributed by atoms with Crippen molar-refractivity contribution in [3.8, 4) is 0 Å². The van der Waals surface area contributed by atoms with Crippen molar-refractivity contribution < 1.29 is 23.9 Å². The van der Waals surface area contributed by atoms with E-state index in [0.29, 0.717) is 35.6 Å². The maximum atomic E-state index is 12.5. The summed E-state index contributed by atoms with van der Waals surface area (Å²) in [6.45, 7) is 2.75. The molecule has 8 heteroatoms. The standard InChI is InChI=1S/C19H20N2O5S/c1-3-26-18(23)15-13-9-10-21(19(24)25-2)11-14(13)27-17(15)20-16(22)12-7-5-4-6-8-12/h4-8H,3,9-11H2,1-2H3,(H,20,22). The van der Waals surface area contributed by atoms with Crippen LogP contribution in [0.15, 0.2) is 30.3 Å². The minimum absolute atomic E-state index is 0.240. The molecule has 0 saturated heterocycles. The number of hydrogen-bond donors (Lipinski definition) is 1. The Kier molecular flexibility index (Phi) is 5.75. The summed E-state index contributed by atoms with van der Waals surface area (Å²) in [6, 6.07) is 8.77. The molecule has 3 rings (SSSR count). The quantitative estimate of drug-likeness (QED) is 0.813. The molecule has 0 saturated carbocycles. The van der Waals surface area contributed by atoms with Crippen LogP contribution in [0.1, 0.15) is 38.1 Å². The first-order valence-electron chi connectivity index (χ1n) is 8.56. The number of carbonyl (C=O) groups excluding carboxylic acids is 3. The molecule has 1 N–H and O–H groups in total. The number of carbonyl (C=O) groups is 3. The van der Waals surface area contributed by atoms with E-state index >= 15 is 0 Å². The van der Waals surface area contributed by atoms with Crippen molar-refractivity contribution in [3.63, 3.8) is 0 Å². The van der Waals surface area contributed by atoms with Gasteiger partial charge in [-0.2, -0.15) is 0 Å². The molecule has 0 aliphatic carbocycles. The molecule has 2 amide bonds. The van der Waals surface area contributed by atoms with Crippen LogP contribution in [0.4, 0.5) is 9.80 Å². The van der Waals surface area contributed by atoms with E-state index in [-0.39, 0.29) is 12.5 Å². The number of nitrogens with zero attached hydrogens (tertiary/aromatic N) is 1. The number of amides is 2. The highest BCUT2D eigenvalue weighted by Crippen LogP contribution is 2.38. The number of ether oxygens (including phenoxy) is 2. The van der Waals surface area contributed by atoms with Crippen LogP contribution < -0.4 is 5.32 Å². The molecular formula is C19H20N2O5S. The van der Waals surface area contributed by atoms with Gasteiger partial charge < -0.3 is 19.7 Å². The zero-order valence-electron chi connectivity index (χ0n) is 15.1. The minimum atomic E-state index is -0.468. The van der Waals surface area contributed by atoms with E-state index in [2.05, 4.69) is 5.32 Å². The van der Waals surface area contributed by atoms with Gasteiger partial charge in [0.2, 0.25) is 0 Å². The van der Waals surface area contributed by atoms with E-state index in [4.69, 9.17) is 9.47 Å². The molecule has 0 unspecified atom stereocenters. The van der Waals surface area contributed by atoms with Gasteiger partial charge in [-0.25, -0.2) is 9.59 Å². The molecule has 2 aromatic rings. The number of esters is 1. The summed E-state index contributed by atoms with van der Waals surface area (Å²) in [4.78, 5) is 39.3.